The summed E-state index contributed by atoms with van der Waals surface area (Å²) in [5, 5.41) is 5.73. The SMILES string of the molecule is CNCCCNC(=O)CC(C)c1cccc(C(F)(F)F)c1.Cl. The van der Waals surface area contributed by atoms with Crippen LogP contribution in [0.1, 0.15) is 36.8 Å². The van der Waals surface area contributed by atoms with Crippen molar-refractivity contribution >= 4 is 18.3 Å². The number of carbonyl (C=O) groups is 1. The van der Waals surface area contributed by atoms with E-state index in [1.165, 1.54) is 6.07 Å². The molecule has 1 aromatic carbocycles. The summed E-state index contributed by atoms with van der Waals surface area (Å²) < 4.78 is 37.9. The topological polar surface area (TPSA) is 41.1 Å². The minimum absolute atomic E-state index is 0. The van der Waals surface area contributed by atoms with Crippen LogP contribution in [-0.2, 0) is 11.0 Å². The van der Waals surface area contributed by atoms with Gasteiger partial charge in [-0.15, -0.1) is 12.4 Å². The Labute approximate surface area is 135 Å². The fourth-order valence-corrected chi connectivity index (χ4v) is 1.98. The summed E-state index contributed by atoms with van der Waals surface area (Å²) in [6.45, 7) is 3.13. The van der Waals surface area contributed by atoms with Crippen LogP contribution in [-0.4, -0.2) is 26.0 Å². The average Bonchev–Trinajstić information content (AvgIpc) is 2.43. The second-order valence-electron chi connectivity index (χ2n) is 5.04. The zero-order chi connectivity index (χ0) is 15.9. The first-order chi connectivity index (χ1) is 9.84. The van der Waals surface area contributed by atoms with Crippen LogP contribution in [0.4, 0.5) is 13.2 Å². The minimum Gasteiger partial charge on any atom is -0.356 e. The highest BCUT2D eigenvalue weighted by molar-refractivity contribution is 5.85. The van der Waals surface area contributed by atoms with E-state index >= 15 is 0 Å². The summed E-state index contributed by atoms with van der Waals surface area (Å²) in [7, 11) is 1.83. The lowest BCUT2D eigenvalue weighted by atomic mass is 9.95. The Bertz CT molecular complexity index is 466. The standard InChI is InChI=1S/C15H21F3N2O.ClH/c1-11(9-14(21)20-8-4-7-19-2)12-5-3-6-13(10-12)15(16,17)18;/h3,5-6,10-11,19H,4,7-9H2,1-2H3,(H,20,21);1H. The first-order valence-electron chi connectivity index (χ1n) is 6.93. The van der Waals surface area contributed by atoms with Crippen molar-refractivity contribution in [3.63, 3.8) is 0 Å². The van der Waals surface area contributed by atoms with E-state index in [4.69, 9.17) is 0 Å². The van der Waals surface area contributed by atoms with Crippen LogP contribution in [0.25, 0.3) is 0 Å². The molecule has 0 aromatic heterocycles. The highest BCUT2D eigenvalue weighted by Gasteiger charge is 2.30. The number of alkyl halides is 3. The largest absolute Gasteiger partial charge is 0.416 e. The van der Waals surface area contributed by atoms with Gasteiger partial charge in [0.25, 0.3) is 0 Å². The molecule has 3 nitrogen and oxygen atoms in total. The first kappa shape index (κ1) is 20.7. The van der Waals surface area contributed by atoms with E-state index in [0.29, 0.717) is 12.1 Å². The molecular weight excluding hydrogens is 317 g/mol. The van der Waals surface area contributed by atoms with Crippen LogP contribution < -0.4 is 10.6 Å². The van der Waals surface area contributed by atoms with Gasteiger partial charge < -0.3 is 10.6 Å². The first-order valence-corrected chi connectivity index (χ1v) is 6.93. The summed E-state index contributed by atoms with van der Waals surface area (Å²) in [5.74, 6) is -0.396. The molecule has 7 heteroatoms. The Morgan fingerprint density at radius 3 is 2.55 bits per heavy atom. The average molecular weight is 339 g/mol. The number of halogens is 4. The van der Waals surface area contributed by atoms with Crippen molar-refractivity contribution in [3.05, 3.63) is 35.4 Å². The molecule has 0 aliphatic rings. The summed E-state index contributed by atoms with van der Waals surface area (Å²) in [6.07, 6.45) is -3.35. The van der Waals surface area contributed by atoms with Crippen molar-refractivity contribution in [1.82, 2.24) is 10.6 Å². The van der Waals surface area contributed by atoms with Gasteiger partial charge in [0.15, 0.2) is 0 Å². The Kier molecular flexibility index (Phi) is 9.13. The van der Waals surface area contributed by atoms with Gasteiger partial charge in [0.05, 0.1) is 5.56 Å². The summed E-state index contributed by atoms with van der Waals surface area (Å²) in [6, 6.07) is 5.14. The molecule has 2 N–H and O–H groups in total. The van der Waals surface area contributed by atoms with Gasteiger partial charge >= 0.3 is 6.18 Å². The van der Waals surface area contributed by atoms with Crippen LogP contribution in [0.2, 0.25) is 0 Å². The van der Waals surface area contributed by atoms with Gasteiger partial charge in [0, 0.05) is 13.0 Å². The van der Waals surface area contributed by atoms with Crippen LogP contribution >= 0.6 is 12.4 Å². The molecule has 0 saturated carbocycles. The number of hydrogen-bond acceptors (Lipinski definition) is 2. The zero-order valence-electron chi connectivity index (χ0n) is 12.7. The maximum absolute atomic E-state index is 12.6. The van der Waals surface area contributed by atoms with Gasteiger partial charge in [-0.05, 0) is 37.6 Å². The summed E-state index contributed by atoms with van der Waals surface area (Å²) in [5.41, 5.74) is -0.156. The number of rotatable bonds is 7. The molecule has 0 heterocycles. The van der Waals surface area contributed by atoms with Gasteiger partial charge in [-0.1, -0.05) is 25.1 Å². The van der Waals surface area contributed by atoms with Gasteiger partial charge in [-0.3, -0.25) is 4.79 Å². The van der Waals surface area contributed by atoms with Gasteiger partial charge in [0.2, 0.25) is 5.91 Å². The Morgan fingerprint density at radius 2 is 1.95 bits per heavy atom. The molecule has 1 rings (SSSR count). The number of benzene rings is 1. The van der Waals surface area contributed by atoms with Crippen molar-refractivity contribution in [2.24, 2.45) is 0 Å². The molecule has 1 amide bonds. The molecule has 0 radical (unpaired) electrons. The maximum Gasteiger partial charge on any atom is 0.416 e. The van der Waals surface area contributed by atoms with Crippen molar-refractivity contribution < 1.29 is 18.0 Å². The van der Waals surface area contributed by atoms with Gasteiger partial charge in [-0.25, -0.2) is 0 Å². The molecule has 0 aliphatic carbocycles. The van der Waals surface area contributed by atoms with E-state index in [-0.39, 0.29) is 30.7 Å². The van der Waals surface area contributed by atoms with Crippen molar-refractivity contribution in [2.45, 2.75) is 31.9 Å². The van der Waals surface area contributed by atoms with Crippen LogP contribution in [0.3, 0.4) is 0 Å². The molecule has 0 saturated heterocycles. The Morgan fingerprint density at radius 1 is 1.27 bits per heavy atom. The smallest absolute Gasteiger partial charge is 0.356 e. The molecule has 0 fully saturated rings. The third-order valence-corrected chi connectivity index (χ3v) is 3.20. The predicted octanol–water partition coefficient (Wildman–Crippen LogP) is 3.35. The van der Waals surface area contributed by atoms with E-state index in [1.54, 1.807) is 13.0 Å². The molecule has 1 atom stereocenters. The molecule has 0 spiro atoms. The highest BCUT2D eigenvalue weighted by atomic mass is 35.5. The van der Waals surface area contributed by atoms with Crippen LogP contribution in [0.5, 0.6) is 0 Å². The monoisotopic (exact) mass is 338 g/mol. The Hall–Kier alpha value is -1.27. The number of nitrogens with one attached hydrogen (secondary N) is 2. The third-order valence-electron chi connectivity index (χ3n) is 3.20. The molecule has 0 bridgehead atoms. The fraction of sp³-hybridized carbons (Fsp3) is 0.533. The molecule has 0 aliphatic heterocycles. The predicted molar refractivity (Wildman–Crippen MR) is 83.3 cm³/mol. The van der Waals surface area contributed by atoms with Crippen molar-refractivity contribution in [3.8, 4) is 0 Å². The quantitative estimate of drug-likeness (QED) is 0.749. The lowest BCUT2D eigenvalue weighted by Crippen LogP contribution is -2.27. The second-order valence-corrected chi connectivity index (χ2v) is 5.04. The number of amides is 1. The molecule has 1 aromatic rings. The summed E-state index contributed by atoms with van der Waals surface area (Å²) >= 11 is 0. The normalized spacial score (nSPS) is 12.4. The number of hydrogen-bond donors (Lipinski definition) is 2. The highest BCUT2D eigenvalue weighted by Crippen LogP contribution is 2.31. The van der Waals surface area contributed by atoms with E-state index in [2.05, 4.69) is 10.6 Å². The Balaban J connectivity index is 0.00000441. The fourth-order valence-electron chi connectivity index (χ4n) is 1.98. The van der Waals surface area contributed by atoms with Gasteiger partial charge in [-0.2, -0.15) is 13.2 Å². The molecule has 1 unspecified atom stereocenters. The molecule has 22 heavy (non-hydrogen) atoms. The van der Waals surface area contributed by atoms with Crippen molar-refractivity contribution in [2.75, 3.05) is 20.1 Å². The lowest BCUT2D eigenvalue weighted by Gasteiger charge is -2.14. The zero-order valence-corrected chi connectivity index (χ0v) is 13.5. The van der Waals surface area contributed by atoms with E-state index in [1.807, 2.05) is 7.05 Å². The molecular formula is C15H22ClF3N2O. The van der Waals surface area contributed by atoms with E-state index in [9.17, 15) is 18.0 Å². The minimum atomic E-state index is -4.36. The van der Waals surface area contributed by atoms with Crippen LogP contribution in [0, 0.1) is 0 Å². The third kappa shape index (κ3) is 7.13. The number of carbonyl (C=O) groups excluding carboxylic acids is 1. The van der Waals surface area contributed by atoms with Gasteiger partial charge in [0.1, 0.15) is 0 Å². The van der Waals surface area contributed by atoms with E-state index < -0.39 is 11.7 Å². The lowest BCUT2D eigenvalue weighted by molar-refractivity contribution is -0.137. The van der Waals surface area contributed by atoms with E-state index in [0.717, 1.165) is 25.1 Å². The summed E-state index contributed by atoms with van der Waals surface area (Å²) in [4.78, 5) is 11.7. The van der Waals surface area contributed by atoms with Crippen LogP contribution in [0.15, 0.2) is 24.3 Å². The maximum atomic E-state index is 12.6. The second kappa shape index (κ2) is 9.69. The molecule has 126 valence electrons. The van der Waals surface area contributed by atoms with Crippen molar-refractivity contribution in [1.29, 1.82) is 0 Å².